The van der Waals surface area contributed by atoms with Gasteiger partial charge in [-0.25, -0.2) is 9.38 Å². The molecular weight excluding hydrogens is 482 g/mol. The number of rotatable bonds is 7. The van der Waals surface area contributed by atoms with Gasteiger partial charge in [0.15, 0.2) is 5.96 Å². The average Bonchev–Trinajstić information content (AvgIpc) is 3.15. The van der Waals surface area contributed by atoms with Crippen LogP contribution in [0.4, 0.5) is 10.1 Å². The summed E-state index contributed by atoms with van der Waals surface area (Å²) in [4.78, 5) is 16.2. The number of nitrogens with zero attached hydrogens (tertiary/aromatic N) is 1. The second-order valence-corrected chi connectivity index (χ2v) is 6.67. The molecule has 0 fully saturated rings. The van der Waals surface area contributed by atoms with Crippen LogP contribution in [0, 0.1) is 5.82 Å². The molecule has 0 bridgehead atoms. The Balaban J connectivity index is 0.00000364. The van der Waals surface area contributed by atoms with Gasteiger partial charge in [0, 0.05) is 12.2 Å². The van der Waals surface area contributed by atoms with Crippen LogP contribution in [0.1, 0.15) is 19.4 Å². The lowest BCUT2D eigenvalue weighted by Crippen LogP contribution is -2.44. The first-order valence-electron chi connectivity index (χ1n) is 8.23. The zero-order chi connectivity index (χ0) is 19.0. The molecule has 2 aromatic rings. The van der Waals surface area contributed by atoms with Crippen molar-refractivity contribution in [3.05, 3.63) is 52.5 Å². The van der Waals surface area contributed by atoms with Crippen LogP contribution in [0.25, 0.3) is 0 Å². The Morgan fingerprint density at radius 1 is 1.26 bits per heavy atom. The summed E-state index contributed by atoms with van der Waals surface area (Å²) in [5, 5.41) is 23.0. The number of amides is 1. The lowest BCUT2D eigenvalue weighted by molar-refractivity contribution is -0.114. The van der Waals surface area contributed by atoms with E-state index in [1.807, 2.05) is 23.8 Å². The molecule has 9 heteroatoms. The van der Waals surface area contributed by atoms with Crippen molar-refractivity contribution in [2.75, 3.05) is 25.0 Å². The SMILES string of the molecule is CCNC(=NCC(=O)Nc1ccc(F)cc1)NCC(C)(O)c1ccsc1.I. The van der Waals surface area contributed by atoms with Gasteiger partial charge in [0.2, 0.25) is 5.91 Å². The maximum atomic E-state index is 12.9. The number of anilines is 1. The number of hydrogen-bond acceptors (Lipinski definition) is 4. The minimum absolute atomic E-state index is 0. The molecule has 0 saturated heterocycles. The fraction of sp³-hybridized carbons (Fsp3) is 0.333. The van der Waals surface area contributed by atoms with E-state index in [2.05, 4.69) is 20.9 Å². The van der Waals surface area contributed by atoms with Crippen LogP contribution < -0.4 is 16.0 Å². The normalized spacial score (nSPS) is 13.3. The highest BCUT2D eigenvalue weighted by molar-refractivity contribution is 14.0. The number of carbonyl (C=O) groups is 1. The predicted molar refractivity (Wildman–Crippen MR) is 118 cm³/mol. The van der Waals surface area contributed by atoms with E-state index in [1.54, 1.807) is 6.92 Å². The summed E-state index contributed by atoms with van der Waals surface area (Å²) >= 11 is 1.52. The largest absolute Gasteiger partial charge is 0.384 e. The molecule has 1 atom stereocenters. The highest BCUT2D eigenvalue weighted by Gasteiger charge is 2.23. The monoisotopic (exact) mass is 506 g/mol. The number of benzene rings is 1. The lowest BCUT2D eigenvalue weighted by atomic mass is 9.99. The van der Waals surface area contributed by atoms with E-state index < -0.39 is 5.60 Å². The summed E-state index contributed by atoms with van der Waals surface area (Å²) in [5.41, 5.74) is 0.275. The number of aliphatic hydroxyl groups is 1. The molecule has 0 aliphatic heterocycles. The standard InChI is InChI=1S/C18H23FN4O2S.HI/c1-3-20-17(22-12-18(2,25)13-8-9-26-11-13)21-10-16(24)23-15-6-4-14(19)5-7-15;/h4-9,11,25H,3,10,12H2,1-2H3,(H,23,24)(H2,20,21,22);1H. The molecule has 4 N–H and O–H groups in total. The van der Waals surface area contributed by atoms with Gasteiger partial charge >= 0.3 is 0 Å². The molecule has 27 heavy (non-hydrogen) atoms. The molecule has 1 aromatic heterocycles. The first-order valence-corrected chi connectivity index (χ1v) is 9.17. The molecule has 2 rings (SSSR count). The third-order valence-corrected chi connectivity index (χ3v) is 4.28. The molecule has 0 aliphatic rings. The van der Waals surface area contributed by atoms with Crippen molar-refractivity contribution in [3.8, 4) is 0 Å². The molecule has 1 amide bonds. The second-order valence-electron chi connectivity index (χ2n) is 5.89. The van der Waals surface area contributed by atoms with Crippen LogP contribution in [0.5, 0.6) is 0 Å². The number of guanidine groups is 1. The Kier molecular flexibility index (Phi) is 9.67. The maximum absolute atomic E-state index is 12.9. The maximum Gasteiger partial charge on any atom is 0.246 e. The fourth-order valence-electron chi connectivity index (χ4n) is 2.16. The zero-order valence-electron chi connectivity index (χ0n) is 15.2. The Morgan fingerprint density at radius 3 is 2.56 bits per heavy atom. The lowest BCUT2D eigenvalue weighted by Gasteiger charge is -2.24. The Bertz CT molecular complexity index is 736. The van der Waals surface area contributed by atoms with Gasteiger partial charge in [-0.05, 0) is 60.5 Å². The summed E-state index contributed by atoms with van der Waals surface area (Å²) in [5.74, 6) is -0.256. The van der Waals surface area contributed by atoms with Crippen molar-refractivity contribution in [1.82, 2.24) is 10.6 Å². The van der Waals surface area contributed by atoms with E-state index in [0.29, 0.717) is 18.2 Å². The Morgan fingerprint density at radius 2 is 1.96 bits per heavy atom. The van der Waals surface area contributed by atoms with Gasteiger partial charge in [0.25, 0.3) is 0 Å². The fourth-order valence-corrected chi connectivity index (χ4v) is 2.94. The minimum Gasteiger partial charge on any atom is -0.384 e. The highest BCUT2D eigenvalue weighted by atomic mass is 127. The summed E-state index contributed by atoms with van der Waals surface area (Å²) < 4.78 is 12.9. The van der Waals surface area contributed by atoms with Crippen molar-refractivity contribution >= 4 is 52.9 Å². The van der Waals surface area contributed by atoms with Gasteiger partial charge in [-0.3, -0.25) is 4.79 Å². The summed E-state index contributed by atoms with van der Waals surface area (Å²) in [6, 6.07) is 7.39. The second kappa shape index (κ2) is 11.2. The molecular formula is C18H24FIN4O2S. The number of aliphatic imine (C=N–C) groups is 1. The van der Waals surface area contributed by atoms with Crippen molar-refractivity contribution in [2.45, 2.75) is 19.4 Å². The summed E-state index contributed by atoms with van der Waals surface area (Å²) in [6.45, 7) is 4.38. The molecule has 0 spiro atoms. The van der Waals surface area contributed by atoms with Crippen molar-refractivity contribution in [1.29, 1.82) is 0 Å². The van der Waals surface area contributed by atoms with Gasteiger partial charge in [0.05, 0.1) is 6.54 Å². The first kappa shape index (κ1) is 23.3. The summed E-state index contributed by atoms with van der Waals surface area (Å²) in [7, 11) is 0. The van der Waals surface area contributed by atoms with Crippen LogP contribution in [0.15, 0.2) is 46.1 Å². The minimum atomic E-state index is -1.05. The van der Waals surface area contributed by atoms with Crippen LogP contribution in [-0.2, 0) is 10.4 Å². The number of nitrogens with one attached hydrogen (secondary N) is 3. The van der Waals surface area contributed by atoms with Crippen LogP contribution >= 0.6 is 35.3 Å². The van der Waals surface area contributed by atoms with Crippen molar-refractivity contribution < 1.29 is 14.3 Å². The summed E-state index contributed by atoms with van der Waals surface area (Å²) in [6.07, 6.45) is 0. The highest BCUT2D eigenvalue weighted by Crippen LogP contribution is 2.21. The third kappa shape index (κ3) is 7.81. The van der Waals surface area contributed by atoms with Gasteiger partial charge in [0.1, 0.15) is 18.0 Å². The topological polar surface area (TPSA) is 85.8 Å². The van der Waals surface area contributed by atoms with Crippen LogP contribution in [-0.4, -0.2) is 36.6 Å². The number of hydrogen-bond donors (Lipinski definition) is 4. The zero-order valence-corrected chi connectivity index (χ0v) is 18.3. The van der Waals surface area contributed by atoms with Crippen LogP contribution in [0.2, 0.25) is 0 Å². The average molecular weight is 506 g/mol. The van der Waals surface area contributed by atoms with E-state index in [-0.39, 0.29) is 48.8 Å². The molecule has 6 nitrogen and oxygen atoms in total. The van der Waals surface area contributed by atoms with E-state index in [1.165, 1.54) is 35.6 Å². The van der Waals surface area contributed by atoms with Crippen molar-refractivity contribution in [2.24, 2.45) is 4.99 Å². The van der Waals surface area contributed by atoms with Gasteiger partial charge < -0.3 is 21.1 Å². The number of thiophene rings is 1. The van der Waals surface area contributed by atoms with Gasteiger partial charge in [-0.1, -0.05) is 0 Å². The molecule has 0 aliphatic carbocycles. The molecule has 1 aromatic carbocycles. The molecule has 0 radical (unpaired) electrons. The Hall–Kier alpha value is -1.72. The molecule has 1 unspecified atom stereocenters. The van der Waals surface area contributed by atoms with Gasteiger partial charge in [-0.2, -0.15) is 11.3 Å². The van der Waals surface area contributed by atoms with Crippen LogP contribution in [0.3, 0.4) is 0 Å². The third-order valence-electron chi connectivity index (χ3n) is 3.60. The first-order chi connectivity index (χ1) is 12.4. The van der Waals surface area contributed by atoms with E-state index >= 15 is 0 Å². The Labute approximate surface area is 179 Å². The van der Waals surface area contributed by atoms with E-state index in [9.17, 15) is 14.3 Å². The smallest absolute Gasteiger partial charge is 0.246 e. The van der Waals surface area contributed by atoms with Crippen molar-refractivity contribution in [3.63, 3.8) is 0 Å². The molecule has 1 heterocycles. The molecule has 0 saturated carbocycles. The van der Waals surface area contributed by atoms with E-state index in [0.717, 1.165) is 5.56 Å². The number of halogens is 2. The number of carbonyl (C=O) groups excluding carboxylic acids is 1. The predicted octanol–water partition coefficient (Wildman–Crippen LogP) is 2.91. The van der Waals surface area contributed by atoms with Gasteiger partial charge in [-0.15, -0.1) is 24.0 Å². The van der Waals surface area contributed by atoms with E-state index in [4.69, 9.17) is 0 Å². The quantitative estimate of drug-likeness (QED) is 0.265. The molecule has 148 valence electrons.